The molecule has 2 aliphatic heterocycles. The highest BCUT2D eigenvalue weighted by molar-refractivity contribution is 5.86. The monoisotopic (exact) mass is 305 g/mol. The van der Waals surface area contributed by atoms with Crippen LogP contribution in [0.5, 0.6) is 5.75 Å². The van der Waals surface area contributed by atoms with Crippen molar-refractivity contribution in [1.29, 1.82) is 0 Å². The molecule has 2 unspecified atom stereocenters. The molecule has 2 heterocycles. The summed E-state index contributed by atoms with van der Waals surface area (Å²) in [4.78, 5) is 23.8. The van der Waals surface area contributed by atoms with E-state index >= 15 is 0 Å². The van der Waals surface area contributed by atoms with Gasteiger partial charge in [-0.15, -0.1) is 0 Å². The summed E-state index contributed by atoms with van der Waals surface area (Å²) in [5, 5.41) is 12.1. The lowest BCUT2D eigenvalue weighted by atomic mass is 9.98. The van der Waals surface area contributed by atoms with Crippen LogP contribution in [-0.4, -0.2) is 36.8 Å². The van der Waals surface area contributed by atoms with E-state index < -0.39 is 12.0 Å². The molecule has 22 heavy (non-hydrogen) atoms. The van der Waals surface area contributed by atoms with Crippen LogP contribution in [0, 0.1) is 5.92 Å². The zero-order valence-electron chi connectivity index (χ0n) is 12.2. The van der Waals surface area contributed by atoms with Gasteiger partial charge in [0.05, 0.1) is 19.1 Å². The summed E-state index contributed by atoms with van der Waals surface area (Å²) in [6.07, 6.45) is 2.32. The number of carbonyl (C=O) groups excluding carboxylic acids is 1. The maximum absolute atomic E-state index is 12.2. The lowest BCUT2D eigenvalue weighted by Crippen LogP contribution is -2.40. The number of amides is 1. The minimum Gasteiger partial charge on any atom is -0.493 e. The molecule has 1 saturated heterocycles. The van der Waals surface area contributed by atoms with E-state index in [1.165, 1.54) is 0 Å². The molecule has 118 valence electrons. The fraction of sp³-hybridized carbons (Fsp3) is 0.500. The number of nitrogens with one attached hydrogen (secondary N) is 1. The highest BCUT2D eigenvalue weighted by atomic mass is 16.5. The Morgan fingerprint density at radius 2 is 2.18 bits per heavy atom. The minimum absolute atomic E-state index is 0.260. The van der Waals surface area contributed by atoms with Crippen LogP contribution in [0.2, 0.25) is 0 Å². The molecule has 1 aromatic rings. The summed E-state index contributed by atoms with van der Waals surface area (Å²) >= 11 is 0. The second kappa shape index (κ2) is 6.36. The fourth-order valence-electron chi connectivity index (χ4n) is 2.88. The van der Waals surface area contributed by atoms with Gasteiger partial charge in [-0.2, -0.15) is 0 Å². The Morgan fingerprint density at radius 3 is 2.91 bits per heavy atom. The number of hydrogen-bond donors (Lipinski definition) is 2. The Kier molecular flexibility index (Phi) is 4.29. The molecule has 2 atom stereocenters. The van der Waals surface area contributed by atoms with Crippen molar-refractivity contribution in [1.82, 2.24) is 5.32 Å². The molecule has 0 saturated carbocycles. The first-order valence-electron chi connectivity index (χ1n) is 7.51. The molecule has 2 N–H and O–H groups in total. The number of carboxylic acids is 1. The third kappa shape index (κ3) is 3.06. The molecular formula is C16H19NO5. The first-order chi connectivity index (χ1) is 10.6. The average Bonchev–Trinajstić information content (AvgIpc) is 3.00. The van der Waals surface area contributed by atoms with Gasteiger partial charge < -0.3 is 19.9 Å². The van der Waals surface area contributed by atoms with E-state index in [0.717, 1.165) is 30.6 Å². The van der Waals surface area contributed by atoms with E-state index in [0.29, 0.717) is 25.4 Å². The summed E-state index contributed by atoms with van der Waals surface area (Å²) in [5.74, 6) is -0.805. The first kappa shape index (κ1) is 14.8. The van der Waals surface area contributed by atoms with Gasteiger partial charge in [-0.3, -0.25) is 4.79 Å². The van der Waals surface area contributed by atoms with Gasteiger partial charge in [0, 0.05) is 13.0 Å². The zero-order valence-corrected chi connectivity index (χ0v) is 12.2. The maximum atomic E-state index is 12.2. The summed E-state index contributed by atoms with van der Waals surface area (Å²) < 4.78 is 10.7. The molecule has 0 aromatic heterocycles. The standard InChI is InChI=1S/C16H19NO5/c18-15(12-2-1-6-21-9-12)17-14(16(19)20)11-3-4-13-10(8-11)5-7-22-13/h3-4,8,12,14H,1-2,5-7,9H2,(H,17,18)(H,19,20). The zero-order chi connectivity index (χ0) is 15.5. The van der Waals surface area contributed by atoms with Gasteiger partial charge in [-0.25, -0.2) is 4.79 Å². The number of carbonyl (C=O) groups is 2. The maximum Gasteiger partial charge on any atom is 0.330 e. The smallest absolute Gasteiger partial charge is 0.330 e. The van der Waals surface area contributed by atoms with Gasteiger partial charge in [0.15, 0.2) is 6.04 Å². The van der Waals surface area contributed by atoms with Crippen molar-refractivity contribution in [2.75, 3.05) is 19.8 Å². The third-order valence-electron chi connectivity index (χ3n) is 4.11. The van der Waals surface area contributed by atoms with E-state index in [4.69, 9.17) is 9.47 Å². The Labute approximate surface area is 128 Å². The minimum atomic E-state index is -1.07. The molecule has 0 spiro atoms. The van der Waals surface area contributed by atoms with Gasteiger partial charge in [0.1, 0.15) is 5.75 Å². The molecular weight excluding hydrogens is 286 g/mol. The number of rotatable bonds is 4. The van der Waals surface area contributed by atoms with Gasteiger partial charge in [-0.1, -0.05) is 6.07 Å². The first-order valence-corrected chi connectivity index (χ1v) is 7.51. The Balaban J connectivity index is 1.75. The number of aliphatic carboxylic acids is 1. The molecule has 0 aliphatic carbocycles. The van der Waals surface area contributed by atoms with Gasteiger partial charge in [0.25, 0.3) is 0 Å². The largest absolute Gasteiger partial charge is 0.493 e. The summed E-state index contributed by atoms with van der Waals surface area (Å²) in [6.45, 7) is 1.63. The molecule has 6 nitrogen and oxygen atoms in total. The highest BCUT2D eigenvalue weighted by Crippen LogP contribution is 2.28. The second-order valence-corrected chi connectivity index (χ2v) is 5.66. The van der Waals surface area contributed by atoms with Crippen molar-refractivity contribution in [3.8, 4) is 5.75 Å². The molecule has 1 fully saturated rings. The van der Waals surface area contributed by atoms with Crippen LogP contribution in [0.15, 0.2) is 18.2 Å². The fourth-order valence-corrected chi connectivity index (χ4v) is 2.88. The second-order valence-electron chi connectivity index (χ2n) is 5.66. The molecule has 1 amide bonds. The van der Waals surface area contributed by atoms with Crippen molar-refractivity contribution in [2.45, 2.75) is 25.3 Å². The number of fused-ring (bicyclic) bond motifs is 1. The number of hydrogen-bond acceptors (Lipinski definition) is 4. The van der Waals surface area contributed by atoms with E-state index in [-0.39, 0.29) is 11.8 Å². The van der Waals surface area contributed by atoms with E-state index in [1.54, 1.807) is 18.2 Å². The Hall–Kier alpha value is -2.08. The predicted molar refractivity (Wildman–Crippen MR) is 77.7 cm³/mol. The molecule has 3 rings (SSSR count). The van der Waals surface area contributed by atoms with Crippen molar-refractivity contribution in [2.24, 2.45) is 5.92 Å². The van der Waals surface area contributed by atoms with E-state index in [1.807, 2.05) is 0 Å². The van der Waals surface area contributed by atoms with Crippen molar-refractivity contribution in [3.05, 3.63) is 29.3 Å². The summed E-state index contributed by atoms with van der Waals surface area (Å²) in [6, 6.07) is 4.23. The topological polar surface area (TPSA) is 84.9 Å². The Bertz CT molecular complexity index is 580. The van der Waals surface area contributed by atoms with E-state index in [2.05, 4.69) is 5.32 Å². The molecule has 2 aliphatic rings. The molecule has 0 bridgehead atoms. The van der Waals surface area contributed by atoms with Crippen molar-refractivity contribution >= 4 is 11.9 Å². The highest BCUT2D eigenvalue weighted by Gasteiger charge is 2.28. The predicted octanol–water partition coefficient (Wildman–Crippen LogP) is 1.29. The quantitative estimate of drug-likeness (QED) is 0.875. The van der Waals surface area contributed by atoms with Crippen LogP contribution in [0.25, 0.3) is 0 Å². The SMILES string of the molecule is O=C(NC(C(=O)O)c1ccc2c(c1)CCO2)C1CCCOC1. The van der Waals surface area contributed by atoms with Crippen molar-refractivity contribution < 1.29 is 24.2 Å². The van der Waals surface area contributed by atoms with Crippen LogP contribution in [-0.2, 0) is 20.7 Å². The van der Waals surface area contributed by atoms with Crippen LogP contribution in [0.3, 0.4) is 0 Å². The normalized spacial score (nSPS) is 21.5. The van der Waals surface area contributed by atoms with Gasteiger partial charge in [0.2, 0.25) is 5.91 Å². The van der Waals surface area contributed by atoms with Crippen molar-refractivity contribution in [3.63, 3.8) is 0 Å². The van der Waals surface area contributed by atoms with Crippen LogP contribution < -0.4 is 10.1 Å². The van der Waals surface area contributed by atoms with Crippen LogP contribution in [0.1, 0.15) is 30.0 Å². The number of benzene rings is 1. The van der Waals surface area contributed by atoms with E-state index in [9.17, 15) is 14.7 Å². The van der Waals surface area contributed by atoms with Crippen LogP contribution >= 0.6 is 0 Å². The van der Waals surface area contributed by atoms with Gasteiger partial charge >= 0.3 is 5.97 Å². The lowest BCUT2D eigenvalue weighted by Gasteiger charge is -2.23. The van der Waals surface area contributed by atoms with Crippen LogP contribution in [0.4, 0.5) is 0 Å². The summed E-state index contributed by atoms with van der Waals surface area (Å²) in [7, 11) is 0. The average molecular weight is 305 g/mol. The number of ether oxygens (including phenoxy) is 2. The summed E-state index contributed by atoms with van der Waals surface area (Å²) in [5.41, 5.74) is 1.56. The molecule has 6 heteroatoms. The molecule has 1 aromatic carbocycles. The lowest BCUT2D eigenvalue weighted by molar-refractivity contribution is -0.143. The molecule has 0 radical (unpaired) electrons. The Morgan fingerprint density at radius 1 is 1.32 bits per heavy atom. The number of carboxylic acid groups (broad SMARTS) is 1. The third-order valence-corrected chi connectivity index (χ3v) is 4.11. The van der Waals surface area contributed by atoms with Gasteiger partial charge in [-0.05, 0) is 36.1 Å².